The van der Waals surface area contributed by atoms with Crippen LogP contribution in [0.1, 0.15) is 32.4 Å². The van der Waals surface area contributed by atoms with Gasteiger partial charge < -0.3 is 10.3 Å². The van der Waals surface area contributed by atoms with Crippen molar-refractivity contribution in [2.75, 3.05) is 11.9 Å². The van der Waals surface area contributed by atoms with E-state index >= 15 is 0 Å². The highest BCUT2D eigenvalue weighted by atomic mass is 79.9. The summed E-state index contributed by atoms with van der Waals surface area (Å²) in [6.07, 6.45) is 4.42. The van der Waals surface area contributed by atoms with Crippen LogP contribution in [0.15, 0.2) is 23.1 Å². The van der Waals surface area contributed by atoms with Crippen LogP contribution < -0.4 is 5.32 Å². The lowest BCUT2D eigenvalue weighted by Gasteiger charge is -2.17. The molecule has 2 aromatic rings. The molecule has 0 atom stereocenters. The van der Waals surface area contributed by atoms with Gasteiger partial charge in [0, 0.05) is 36.8 Å². The van der Waals surface area contributed by atoms with E-state index in [9.17, 15) is 0 Å². The van der Waals surface area contributed by atoms with Crippen molar-refractivity contribution < 1.29 is 0 Å². The monoisotopic (exact) mass is 323 g/mol. The van der Waals surface area contributed by atoms with E-state index in [4.69, 9.17) is 0 Å². The van der Waals surface area contributed by atoms with Gasteiger partial charge in [0.25, 0.3) is 0 Å². The van der Waals surface area contributed by atoms with Crippen LogP contribution in [0.4, 0.5) is 5.82 Å². The first-order chi connectivity index (χ1) is 8.95. The second kappa shape index (κ2) is 5.69. The Balaban J connectivity index is 2.02. The van der Waals surface area contributed by atoms with E-state index in [-0.39, 0.29) is 5.41 Å². The van der Waals surface area contributed by atoms with Crippen LogP contribution in [0.5, 0.6) is 0 Å². The molecular formula is C13H18BrN5. The Morgan fingerprint density at radius 1 is 1.32 bits per heavy atom. The first-order valence-electron chi connectivity index (χ1n) is 6.22. The summed E-state index contributed by atoms with van der Waals surface area (Å²) in [5.74, 6) is 2.62. The molecule has 0 aliphatic heterocycles. The van der Waals surface area contributed by atoms with Gasteiger partial charge in [-0.3, -0.25) is 0 Å². The number of halogens is 1. The summed E-state index contributed by atoms with van der Waals surface area (Å²) in [5, 5.41) is 3.30. The molecule has 0 unspecified atom stereocenters. The largest absolute Gasteiger partial charge is 0.369 e. The van der Waals surface area contributed by atoms with Crippen molar-refractivity contribution in [3.8, 4) is 0 Å². The summed E-state index contributed by atoms with van der Waals surface area (Å²) in [6.45, 7) is 7.07. The number of aromatic amines is 1. The number of aromatic nitrogens is 4. The Hall–Kier alpha value is -1.43. The molecule has 2 heterocycles. The third-order valence-electron chi connectivity index (χ3n) is 2.59. The van der Waals surface area contributed by atoms with Gasteiger partial charge in [-0.2, -0.15) is 0 Å². The van der Waals surface area contributed by atoms with Gasteiger partial charge in [0.2, 0.25) is 0 Å². The molecule has 0 saturated heterocycles. The average molecular weight is 324 g/mol. The zero-order valence-corrected chi connectivity index (χ0v) is 13.0. The Bertz CT molecular complexity index is 530. The summed E-state index contributed by atoms with van der Waals surface area (Å²) in [6, 6.07) is 1.89. The lowest BCUT2D eigenvalue weighted by atomic mass is 9.96. The highest BCUT2D eigenvalue weighted by molar-refractivity contribution is 9.10. The van der Waals surface area contributed by atoms with Gasteiger partial charge in [-0.05, 0) is 15.9 Å². The number of rotatable bonds is 4. The lowest BCUT2D eigenvalue weighted by Crippen LogP contribution is -2.18. The van der Waals surface area contributed by atoms with Gasteiger partial charge in [-0.25, -0.2) is 15.0 Å². The number of nitrogens with zero attached hydrogens (tertiary/aromatic N) is 3. The molecule has 102 valence electrons. The molecule has 2 rings (SSSR count). The van der Waals surface area contributed by atoms with Crippen molar-refractivity contribution >= 4 is 21.7 Å². The van der Waals surface area contributed by atoms with E-state index in [0.29, 0.717) is 0 Å². The number of anilines is 1. The SMILES string of the molecule is CC(C)(C)c1nc(Br)cc(NCCc2ncc[nH]2)n1. The predicted molar refractivity (Wildman–Crippen MR) is 79.2 cm³/mol. The molecule has 0 bridgehead atoms. The molecule has 0 saturated carbocycles. The Morgan fingerprint density at radius 2 is 2.11 bits per heavy atom. The van der Waals surface area contributed by atoms with E-state index in [1.54, 1.807) is 6.20 Å². The molecule has 0 spiro atoms. The number of nitrogens with one attached hydrogen (secondary N) is 2. The highest BCUT2D eigenvalue weighted by Crippen LogP contribution is 2.22. The summed E-state index contributed by atoms with van der Waals surface area (Å²) < 4.78 is 0.799. The Morgan fingerprint density at radius 3 is 2.74 bits per heavy atom. The maximum absolute atomic E-state index is 4.54. The van der Waals surface area contributed by atoms with Crippen molar-refractivity contribution in [3.05, 3.63) is 34.7 Å². The molecule has 19 heavy (non-hydrogen) atoms. The van der Waals surface area contributed by atoms with Crippen molar-refractivity contribution in [1.82, 2.24) is 19.9 Å². The first-order valence-corrected chi connectivity index (χ1v) is 7.01. The molecule has 0 aliphatic carbocycles. The summed E-state index contributed by atoms with van der Waals surface area (Å²) in [4.78, 5) is 16.2. The molecule has 2 N–H and O–H groups in total. The van der Waals surface area contributed by atoms with Crippen LogP contribution in [0.3, 0.4) is 0 Å². The fourth-order valence-electron chi connectivity index (χ4n) is 1.59. The molecular weight excluding hydrogens is 306 g/mol. The van der Waals surface area contributed by atoms with E-state index in [2.05, 4.69) is 62.0 Å². The zero-order chi connectivity index (χ0) is 13.9. The quantitative estimate of drug-likeness (QED) is 0.849. The minimum atomic E-state index is -0.0682. The van der Waals surface area contributed by atoms with Crippen molar-refractivity contribution in [1.29, 1.82) is 0 Å². The van der Waals surface area contributed by atoms with Crippen molar-refractivity contribution in [3.63, 3.8) is 0 Å². The summed E-state index contributed by atoms with van der Waals surface area (Å²) in [7, 11) is 0. The van der Waals surface area contributed by atoms with Gasteiger partial charge in [-0.1, -0.05) is 20.8 Å². The minimum Gasteiger partial charge on any atom is -0.369 e. The molecule has 0 radical (unpaired) electrons. The second-order valence-corrected chi connectivity index (χ2v) is 6.17. The fraction of sp³-hybridized carbons (Fsp3) is 0.462. The second-order valence-electron chi connectivity index (χ2n) is 5.36. The normalized spacial score (nSPS) is 11.6. The molecule has 2 aromatic heterocycles. The van der Waals surface area contributed by atoms with Crippen LogP contribution in [0, 0.1) is 0 Å². The van der Waals surface area contributed by atoms with Crippen molar-refractivity contribution in [2.24, 2.45) is 0 Å². The molecule has 0 aliphatic rings. The van der Waals surface area contributed by atoms with Crippen LogP contribution in [-0.4, -0.2) is 26.5 Å². The summed E-state index contributed by atoms with van der Waals surface area (Å²) in [5.41, 5.74) is -0.0682. The number of imidazole rings is 1. The molecule has 6 heteroatoms. The number of hydrogen-bond donors (Lipinski definition) is 2. The maximum atomic E-state index is 4.54. The Labute approximate surface area is 121 Å². The van der Waals surface area contributed by atoms with Crippen LogP contribution >= 0.6 is 15.9 Å². The third kappa shape index (κ3) is 4.02. The van der Waals surface area contributed by atoms with Gasteiger partial charge >= 0.3 is 0 Å². The van der Waals surface area contributed by atoms with Gasteiger partial charge in [0.1, 0.15) is 22.1 Å². The first kappa shape index (κ1) is 14.0. The maximum Gasteiger partial charge on any atom is 0.137 e. The van der Waals surface area contributed by atoms with Crippen LogP contribution in [-0.2, 0) is 11.8 Å². The van der Waals surface area contributed by atoms with Crippen LogP contribution in [0.25, 0.3) is 0 Å². The third-order valence-corrected chi connectivity index (χ3v) is 2.99. The van der Waals surface area contributed by atoms with E-state index in [0.717, 1.165) is 35.0 Å². The predicted octanol–water partition coefficient (Wildman–Crippen LogP) is 2.91. The summed E-state index contributed by atoms with van der Waals surface area (Å²) >= 11 is 3.43. The standard InChI is InChI=1S/C13H18BrN5/c1-13(2,3)12-18-9(14)8-11(19-12)15-5-4-10-16-6-7-17-10/h6-8H,4-5H2,1-3H3,(H,16,17)(H,15,18,19). The molecule has 0 fully saturated rings. The van der Waals surface area contributed by atoms with Crippen molar-refractivity contribution in [2.45, 2.75) is 32.6 Å². The highest BCUT2D eigenvalue weighted by Gasteiger charge is 2.18. The average Bonchev–Trinajstić information content (AvgIpc) is 2.80. The topological polar surface area (TPSA) is 66.5 Å². The van der Waals surface area contributed by atoms with Gasteiger partial charge in [-0.15, -0.1) is 0 Å². The van der Waals surface area contributed by atoms with Gasteiger partial charge in [0.05, 0.1) is 0 Å². The number of H-pyrrole nitrogens is 1. The zero-order valence-electron chi connectivity index (χ0n) is 11.4. The molecule has 5 nitrogen and oxygen atoms in total. The van der Waals surface area contributed by atoms with E-state index < -0.39 is 0 Å². The van der Waals surface area contributed by atoms with E-state index in [1.807, 2.05) is 12.3 Å². The van der Waals surface area contributed by atoms with Gasteiger partial charge in [0.15, 0.2) is 0 Å². The number of hydrogen-bond acceptors (Lipinski definition) is 4. The lowest BCUT2D eigenvalue weighted by molar-refractivity contribution is 0.544. The molecule has 0 amide bonds. The smallest absolute Gasteiger partial charge is 0.137 e. The minimum absolute atomic E-state index is 0.0682. The van der Waals surface area contributed by atoms with Crippen LogP contribution in [0.2, 0.25) is 0 Å². The molecule has 0 aromatic carbocycles. The Kier molecular flexibility index (Phi) is 4.19. The fourth-order valence-corrected chi connectivity index (χ4v) is 1.97. The van der Waals surface area contributed by atoms with E-state index in [1.165, 1.54) is 0 Å².